The molecule has 0 unspecified atom stereocenters. The Morgan fingerprint density at radius 2 is 2.38 bits per heavy atom. The minimum Gasteiger partial charge on any atom is -0.385 e. The Hall–Kier alpha value is -1.16. The Balaban J connectivity index is 1.53. The average Bonchev–Trinajstić information content (AvgIpc) is 3.07. The number of hydrogen-bond donors (Lipinski definition) is 1. The van der Waals surface area contributed by atoms with Crippen LogP contribution in [-0.4, -0.2) is 24.7 Å². The molecule has 1 aliphatic carbocycles. The van der Waals surface area contributed by atoms with E-state index in [-0.39, 0.29) is 0 Å². The van der Waals surface area contributed by atoms with E-state index in [1.54, 1.807) is 6.07 Å². The first-order chi connectivity index (χ1) is 7.84. The zero-order chi connectivity index (χ0) is 11.2. The molecule has 1 fully saturated rings. The smallest absolute Gasteiger partial charge is 0.214 e. The van der Waals surface area contributed by atoms with Crippen LogP contribution < -0.4 is 5.32 Å². The van der Waals surface area contributed by atoms with Crippen molar-refractivity contribution in [1.29, 1.82) is 0 Å². The van der Waals surface area contributed by atoms with Crippen molar-refractivity contribution in [3.8, 4) is 0 Å². The highest BCUT2D eigenvalue weighted by atomic mass is 19.1. The Morgan fingerprint density at radius 3 is 3.12 bits per heavy atom. The van der Waals surface area contributed by atoms with Gasteiger partial charge in [-0.15, -0.1) is 0 Å². The molecule has 0 radical (unpaired) electrons. The molecule has 0 spiro atoms. The van der Waals surface area contributed by atoms with Crippen LogP contribution in [0.4, 0.5) is 10.1 Å². The fraction of sp³-hybridized carbons (Fsp3) is 0.583. The molecule has 0 aromatic carbocycles. The molecular formula is C12H17FN2O. The molecule has 2 rings (SSSR count). The third-order valence-electron chi connectivity index (χ3n) is 2.57. The molecule has 0 atom stereocenters. The first kappa shape index (κ1) is 11.3. The standard InChI is InChI=1S/C12H17FN2O/c13-12-8-11(4-6-15-12)14-5-1-7-16-9-10-2-3-10/h4,6,8,10H,1-3,5,7,9H2,(H,14,15). The molecule has 1 aromatic heterocycles. The number of anilines is 1. The van der Waals surface area contributed by atoms with Crippen LogP contribution in [-0.2, 0) is 4.74 Å². The Labute approximate surface area is 95.0 Å². The Bertz CT molecular complexity index is 329. The van der Waals surface area contributed by atoms with Gasteiger partial charge in [-0.1, -0.05) is 0 Å². The molecule has 0 aliphatic heterocycles. The summed E-state index contributed by atoms with van der Waals surface area (Å²) in [7, 11) is 0. The number of nitrogens with one attached hydrogen (secondary N) is 1. The van der Waals surface area contributed by atoms with E-state index >= 15 is 0 Å². The van der Waals surface area contributed by atoms with Crippen molar-refractivity contribution < 1.29 is 9.13 Å². The van der Waals surface area contributed by atoms with Gasteiger partial charge in [-0.05, 0) is 31.2 Å². The summed E-state index contributed by atoms with van der Waals surface area (Å²) in [6.45, 7) is 2.48. The second-order valence-corrected chi connectivity index (χ2v) is 4.17. The van der Waals surface area contributed by atoms with Crippen LogP contribution in [0.15, 0.2) is 18.3 Å². The van der Waals surface area contributed by atoms with Gasteiger partial charge in [0, 0.05) is 37.7 Å². The highest BCUT2D eigenvalue weighted by molar-refractivity contribution is 5.40. The van der Waals surface area contributed by atoms with E-state index in [0.717, 1.165) is 37.8 Å². The van der Waals surface area contributed by atoms with Crippen molar-refractivity contribution in [2.24, 2.45) is 5.92 Å². The van der Waals surface area contributed by atoms with E-state index < -0.39 is 5.95 Å². The van der Waals surface area contributed by atoms with Crippen molar-refractivity contribution in [3.63, 3.8) is 0 Å². The van der Waals surface area contributed by atoms with Gasteiger partial charge in [0.15, 0.2) is 0 Å². The Kier molecular flexibility index (Phi) is 4.10. The van der Waals surface area contributed by atoms with Gasteiger partial charge in [0.05, 0.1) is 0 Å². The largest absolute Gasteiger partial charge is 0.385 e. The van der Waals surface area contributed by atoms with Crippen LogP contribution in [0.2, 0.25) is 0 Å². The quantitative estimate of drug-likeness (QED) is 0.570. The topological polar surface area (TPSA) is 34.1 Å². The number of hydrogen-bond acceptors (Lipinski definition) is 3. The minimum atomic E-state index is -0.449. The van der Waals surface area contributed by atoms with Gasteiger partial charge in [0.2, 0.25) is 5.95 Å². The molecule has 1 aromatic rings. The van der Waals surface area contributed by atoms with E-state index in [1.807, 2.05) is 0 Å². The summed E-state index contributed by atoms with van der Waals surface area (Å²) in [5.41, 5.74) is 0.773. The normalized spacial score (nSPS) is 15.1. The van der Waals surface area contributed by atoms with Crippen LogP contribution in [0.25, 0.3) is 0 Å². The monoisotopic (exact) mass is 224 g/mol. The Morgan fingerprint density at radius 1 is 1.50 bits per heavy atom. The van der Waals surface area contributed by atoms with Gasteiger partial charge < -0.3 is 10.1 Å². The van der Waals surface area contributed by atoms with E-state index in [9.17, 15) is 4.39 Å². The molecule has 0 saturated heterocycles. The van der Waals surface area contributed by atoms with Crippen molar-refractivity contribution >= 4 is 5.69 Å². The number of rotatable bonds is 7. The van der Waals surface area contributed by atoms with Crippen LogP contribution >= 0.6 is 0 Å². The maximum absolute atomic E-state index is 12.7. The molecular weight excluding hydrogens is 207 g/mol. The van der Waals surface area contributed by atoms with Crippen molar-refractivity contribution in [1.82, 2.24) is 4.98 Å². The lowest BCUT2D eigenvalue weighted by atomic mass is 10.3. The van der Waals surface area contributed by atoms with Gasteiger partial charge in [-0.25, -0.2) is 4.98 Å². The van der Waals surface area contributed by atoms with E-state index in [0.29, 0.717) is 0 Å². The third kappa shape index (κ3) is 4.14. The van der Waals surface area contributed by atoms with Crippen LogP contribution in [0.3, 0.4) is 0 Å². The molecule has 1 saturated carbocycles. The molecule has 1 aliphatic rings. The molecule has 0 amide bonds. The number of nitrogens with zero attached hydrogens (tertiary/aromatic N) is 1. The van der Waals surface area contributed by atoms with Gasteiger partial charge in [-0.3, -0.25) is 0 Å². The molecule has 3 nitrogen and oxygen atoms in total. The lowest BCUT2D eigenvalue weighted by Gasteiger charge is -2.06. The third-order valence-corrected chi connectivity index (χ3v) is 2.57. The second kappa shape index (κ2) is 5.80. The summed E-state index contributed by atoms with van der Waals surface area (Å²) in [5, 5.41) is 3.13. The molecule has 88 valence electrons. The molecule has 4 heteroatoms. The van der Waals surface area contributed by atoms with Gasteiger partial charge in [0.1, 0.15) is 0 Å². The van der Waals surface area contributed by atoms with Gasteiger partial charge in [-0.2, -0.15) is 4.39 Å². The fourth-order valence-corrected chi connectivity index (χ4v) is 1.45. The summed E-state index contributed by atoms with van der Waals surface area (Å²) >= 11 is 0. The molecule has 16 heavy (non-hydrogen) atoms. The van der Waals surface area contributed by atoms with Crippen molar-refractivity contribution in [2.45, 2.75) is 19.3 Å². The van der Waals surface area contributed by atoms with Crippen LogP contribution in [0.5, 0.6) is 0 Å². The predicted octanol–water partition coefficient (Wildman–Crippen LogP) is 2.45. The summed E-state index contributed by atoms with van der Waals surface area (Å²) in [6, 6.07) is 3.15. The maximum Gasteiger partial charge on any atom is 0.214 e. The predicted molar refractivity (Wildman–Crippen MR) is 60.8 cm³/mol. The number of halogens is 1. The first-order valence-corrected chi connectivity index (χ1v) is 5.78. The number of ether oxygens (including phenoxy) is 1. The van der Waals surface area contributed by atoms with Gasteiger partial charge in [0.25, 0.3) is 0 Å². The summed E-state index contributed by atoms with van der Waals surface area (Å²) in [4.78, 5) is 3.49. The highest BCUT2D eigenvalue weighted by Crippen LogP contribution is 2.28. The maximum atomic E-state index is 12.7. The lowest BCUT2D eigenvalue weighted by molar-refractivity contribution is 0.124. The molecule has 1 N–H and O–H groups in total. The van der Waals surface area contributed by atoms with E-state index in [2.05, 4.69) is 10.3 Å². The van der Waals surface area contributed by atoms with Crippen LogP contribution in [0.1, 0.15) is 19.3 Å². The van der Waals surface area contributed by atoms with E-state index in [4.69, 9.17) is 4.74 Å². The summed E-state index contributed by atoms with van der Waals surface area (Å²) in [5.74, 6) is 0.372. The zero-order valence-electron chi connectivity index (χ0n) is 9.29. The van der Waals surface area contributed by atoms with Crippen molar-refractivity contribution in [3.05, 3.63) is 24.3 Å². The highest BCUT2D eigenvalue weighted by Gasteiger charge is 2.20. The number of pyridine rings is 1. The minimum absolute atomic E-state index is 0.449. The summed E-state index contributed by atoms with van der Waals surface area (Å²) < 4.78 is 18.2. The first-order valence-electron chi connectivity index (χ1n) is 5.78. The van der Waals surface area contributed by atoms with Crippen molar-refractivity contribution in [2.75, 3.05) is 25.1 Å². The number of aromatic nitrogens is 1. The zero-order valence-corrected chi connectivity index (χ0v) is 9.29. The average molecular weight is 224 g/mol. The lowest BCUT2D eigenvalue weighted by Crippen LogP contribution is -2.07. The van der Waals surface area contributed by atoms with Crippen LogP contribution in [0, 0.1) is 11.9 Å². The fourth-order valence-electron chi connectivity index (χ4n) is 1.45. The SMILES string of the molecule is Fc1cc(NCCCOCC2CC2)ccn1. The molecule has 1 heterocycles. The van der Waals surface area contributed by atoms with E-state index in [1.165, 1.54) is 25.1 Å². The molecule has 0 bridgehead atoms. The van der Waals surface area contributed by atoms with Gasteiger partial charge >= 0.3 is 0 Å². The second-order valence-electron chi connectivity index (χ2n) is 4.17. The summed E-state index contributed by atoms with van der Waals surface area (Å²) in [6.07, 6.45) is 5.06.